The Morgan fingerprint density at radius 1 is 1.05 bits per heavy atom. The second-order valence-electron chi connectivity index (χ2n) is 6.27. The standard InChI is InChI=1S/C17H29NO/c1-13-10-14(2)16(15(3)11-13)17(4,5)12-18-8-6-7-9-19/h10-11,18-19H,6-9,12H2,1-5H3. The van der Waals surface area contributed by atoms with Gasteiger partial charge in [-0.25, -0.2) is 0 Å². The molecule has 0 aliphatic heterocycles. The summed E-state index contributed by atoms with van der Waals surface area (Å²) >= 11 is 0. The molecule has 0 saturated carbocycles. The van der Waals surface area contributed by atoms with E-state index in [0.29, 0.717) is 6.61 Å². The molecule has 0 aliphatic carbocycles. The zero-order valence-electron chi connectivity index (χ0n) is 13.1. The normalized spacial score (nSPS) is 11.9. The zero-order chi connectivity index (χ0) is 14.5. The van der Waals surface area contributed by atoms with Crippen LogP contribution in [-0.2, 0) is 5.41 Å². The molecule has 2 nitrogen and oxygen atoms in total. The molecule has 0 aromatic heterocycles. The predicted molar refractivity (Wildman–Crippen MR) is 82.9 cm³/mol. The monoisotopic (exact) mass is 263 g/mol. The lowest BCUT2D eigenvalue weighted by Crippen LogP contribution is -2.34. The van der Waals surface area contributed by atoms with Gasteiger partial charge in [-0.2, -0.15) is 0 Å². The lowest BCUT2D eigenvalue weighted by atomic mass is 9.78. The van der Waals surface area contributed by atoms with Crippen LogP contribution in [0.3, 0.4) is 0 Å². The Kier molecular flexibility index (Phi) is 6.02. The van der Waals surface area contributed by atoms with E-state index in [1.807, 2.05) is 0 Å². The molecule has 0 fully saturated rings. The van der Waals surface area contributed by atoms with Gasteiger partial charge in [0.05, 0.1) is 0 Å². The fraction of sp³-hybridized carbons (Fsp3) is 0.647. The van der Waals surface area contributed by atoms with Crippen LogP contribution < -0.4 is 5.32 Å². The fourth-order valence-electron chi connectivity index (χ4n) is 3.10. The summed E-state index contributed by atoms with van der Waals surface area (Å²) in [6, 6.07) is 4.55. The quantitative estimate of drug-likeness (QED) is 0.740. The highest BCUT2D eigenvalue weighted by atomic mass is 16.2. The zero-order valence-corrected chi connectivity index (χ0v) is 13.1. The molecule has 1 aromatic carbocycles. The molecule has 0 bridgehead atoms. The number of aliphatic hydroxyl groups is 1. The van der Waals surface area contributed by atoms with Gasteiger partial charge >= 0.3 is 0 Å². The minimum Gasteiger partial charge on any atom is -0.396 e. The number of hydrogen-bond donors (Lipinski definition) is 2. The minimum atomic E-state index is 0.140. The average Bonchev–Trinajstić information content (AvgIpc) is 2.26. The van der Waals surface area contributed by atoms with Crippen molar-refractivity contribution >= 4 is 0 Å². The van der Waals surface area contributed by atoms with Gasteiger partial charge in [0, 0.05) is 18.6 Å². The number of benzene rings is 1. The Bertz CT molecular complexity index is 387. The first kappa shape index (κ1) is 16.2. The molecule has 0 unspecified atom stereocenters. The van der Waals surface area contributed by atoms with Gasteiger partial charge < -0.3 is 10.4 Å². The molecular weight excluding hydrogens is 234 g/mol. The van der Waals surface area contributed by atoms with Gasteiger partial charge in [-0.3, -0.25) is 0 Å². The van der Waals surface area contributed by atoms with Crippen LogP contribution in [0.15, 0.2) is 12.1 Å². The van der Waals surface area contributed by atoms with Gasteiger partial charge in [-0.05, 0) is 56.8 Å². The maximum atomic E-state index is 8.77. The minimum absolute atomic E-state index is 0.140. The Morgan fingerprint density at radius 2 is 1.63 bits per heavy atom. The van der Waals surface area contributed by atoms with Gasteiger partial charge in [0.2, 0.25) is 0 Å². The van der Waals surface area contributed by atoms with E-state index in [4.69, 9.17) is 5.11 Å². The summed E-state index contributed by atoms with van der Waals surface area (Å²) in [7, 11) is 0. The summed E-state index contributed by atoms with van der Waals surface area (Å²) in [5.41, 5.74) is 5.72. The molecule has 108 valence electrons. The summed E-state index contributed by atoms with van der Waals surface area (Å²) in [6.07, 6.45) is 1.93. The topological polar surface area (TPSA) is 32.3 Å². The third-order valence-corrected chi connectivity index (χ3v) is 3.68. The van der Waals surface area contributed by atoms with Crippen LogP contribution in [0.4, 0.5) is 0 Å². The predicted octanol–water partition coefficient (Wildman–Crippen LogP) is 3.25. The highest BCUT2D eigenvalue weighted by molar-refractivity contribution is 5.42. The van der Waals surface area contributed by atoms with Crippen molar-refractivity contribution in [3.63, 3.8) is 0 Å². The average molecular weight is 263 g/mol. The van der Waals surface area contributed by atoms with Crippen molar-refractivity contribution in [3.8, 4) is 0 Å². The fourth-order valence-corrected chi connectivity index (χ4v) is 3.10. The molecule has 1 rings (SSSR count). The van der Waals surface area contributed by atoms with Crippen LogP contribution in [-0.4, -0.2) is 24.8 Å². The van der Waals surface area contributed by atoms with Gasteiger partial charge in [-0.15, -0.1) is 0 Å². The van der Waals surface area contributed by atoms with E-state index in [-0.39, 0.29) is 5.41 Å². The van der Waals surface area contributed by atoms with Crippen LogP contribution >= 0.6 is 0 Å². The molecule has 0 atom stereocenters. The first-order valence-electron chi connectivity index (χ1n) is 7.28. The van der Waals surface area contributed by atoms with Gasteiger partial charge in [-0.1, -0.05) is 31.5 Å². The van der Waals surface area contributed by atoms with Gasteiger partial charge in [0.15, 0.2) is 0 Å². The van der Waals surface area contributed by atoms with E-state index in [2.05, 4.69) is 52.1 Å². The second-order valence-corrected chi connectivity index (χ2v) is 6.27. The van der Waals surface area contributed by atoms with Crippen molar-refractivity contribution < 1.29 is 5.11 Å². The third-order valence-electron chi connectivity index (χ3n) is 3.68. The maximum Gasteiger partial charge on any atom is 0.0431 e. The largest absolute Gasteiger partial charge is 0.396 e. The van der Waals surface area contributed by atoms with Crippen LogP contribution in [0, 0.1) is 20.8 Å². The summed E-state index contributed by atoms with van der Waals surface area (Å²) in [5, 5.41) is 12.3. The first-order chi connectivity index (χ1) is 8.88. The number of aryl methyl sites for hydroxylation is 3. The van der Waals surface area contributed by atoms with E-state index in [0.717, 1.165) is 25.9 Å². The molecule has 0 spiro atoms. The molecule has 0 heterocycles. The number of hydrogen-bond acceptors (Lipinski definition) is 2. The molecule has 0 radical (unpaired) electrons. The summed E-state index contributed by atoms with van der Waals surface area (Å²) in [6.45, 7) is 13.4. The maximum absolute atomic E-state index is 8.77. The van der Waals surface area contributed by atoms with Crippen LogP contribution in [0.2, 0.25) is 0 Å². The van der Waals surface area contributed by atoms with Crippen LogP contribution in [0.25, 0.3) is 0 Å². The van der Waals surface area contributed by atoms with Crippen molar-refractivity contribution in [2.24, 2.45) is 0 Å². The number of rotatable bonds is 7. The molecule has 0 amide bonds. The second kappa shape index (κ2) is 7.06. The van der Waals surface area contributed by atoms with E-state index >= 15 is 0 Å². The Hall–Kier alpha value is -0.860. The molecule has 0 saturated heterocycles. The Balaban J connectivity index is 2.71. The number of unbranched alkanes of at least 4 members (excludes halogenated alkanes) is 1. The first-order valence-corrected chi connectivity index (χ1v) is 7.28. The van der Waals surface area contributed by atoms with Gasteiger partial charge in [0.25, 0.3) is 0 Å². The van der Waals surface area contributed by atoms with Crippen molar-refractivity contribution in [2.45, 2.75) is 52.9 Å². The highest BCUT2D eigenvalue weighted by Crippen LogP contribution is 2.29. The summed E-state index contributed by atoms with van der Waals surface area (Å²) < 4.78 is 0. The van der Waals surface area contributed by atoms with Crippen molar-refractivity contribution in [1.82, 2.24) is 5.32 Å². The van der Waals surface area contributed by atoms with E-state index in [9.17, 15) is 0 Å². The molecule has 19 heavy (non-hydrogen) atoms. The van der Waals surface area contributed by atoms with Crippen LogP contribution in [0.5, 0.6) is 0 Å². The molecule has 1 aromatic rings. The Labute approximate surface area is 118 Å². The lowest BCUT2D eigenvalue weighted by molar-refractivity contribution is 0.283. The summed E-state index contributed by atoms with van der Waals surface area (Å²) in [4.78, 5) is 0. The number of nitrogens with one attached hydrogen (secondary N) is 1. The van der Waals surface area contributed by atoms with Gasteiger partial charge in [0.1, 0.15) is 0 Å². The summed E-state index contributed by atoms with van der Waals surface area (Å²) in [5.74, 6) is 0. The number of aliphatic hydroxyl groups excluding tert-OH is 1. The van der Waals surface area contributed by atoms with Crippen LogP contribution in [0.1, 0.15) is 48.9 Å². The van der Waals surface area contributed by atoms with E-state index in [1.165, 1.54) is 22.3 Å². The van der Waals surface area contributed by atoms with Crippen molar-refractivity contribution in [1.29, 1.82) is 0 Å². The molecule has 2 N–H and O–H groups in total. The van der Waals surface area contributed by atoms with E-state index < -0.39 is 0 Å². The van der Waals surface area contributed by atoms with E-state index in [1.54, 1.807) is 0 Å². The molecule has 2 heteroatoms. The molecule has 0 aliphatic rings. The third kappa shape index (κ3) is 4.63. The highest BCUT2D eigenvalue weighted by Gasteiger charge is 2.24. The smallest absolute Gasteiger partial charge is 0.0431 e. The SMILES string of the molecule is Cc1cc(C)c(C(C)(C)CNCCCCO)c(C)c1. The van der Waals surface area contributed by atoms with Crippen molar-refractivity contribution in [3.05, 3.63) is 34.4 Å². The molecular formula is C17H29NO. The lowest BCUT2D eigenvalue weighted by Gasteiger charge is -2.30. The van der Waals surface area contributed by atoms with Crippen molar-refractivity contribution in [2.75, 3.05) is 19.7 Å². The Morgan fingerprint density at radius 3 is 2.16 bits per heavy atom.